The summed E-state index contributed by atoms with van der Waals surface area (Å²) >= 11 is 0. The maximum absolute atomic E-state index is 12.4. The van der Waals surface area contributed by atoms with Crippen LogP contribution in [0.5, 0.6) is 0 Å². The van der Waals surface area contributed by atoms with Crippen LogP contribution in [0.2, 0.25) is 0 Å². The van der Waals surface area contributed by atoms with E-state index >= 15 is 0 Å². The van der Waals surface area contributed by atoms with Crippen molar-refractivity contribution in [3.63, 3.8) is 0 Å². The zero-order chi connectivity index (χ0) is 16.1. The standard InChI is InChI=1S/C19H24N2O/c1-14-10-11-18(15(2)12-14)20-19(22)16(3)21(4)13-17-8-6-5-7-9-17/h5-12,16H,13H2,1-4H3,(H,20,22)/p+1/t16-/m0/s1. The summed E-state index contributed by atoms with van der Waals surface area (Å²) in [7, 11) is 2.05. The van der Waals surface area contributed by atoms with Gasteiger partial charge in [0.2, 0.25) is 0 Å². The summed E-state index contributed by atoms with van der Waals surface area (Å²) in [5.74, 6) is 0.0559. The molecule has 3 nitrogen and oxygen atoms in total. The Kier molecular flexibility index (Phi) is 5.34. The Balaban J connectivity index is 1.99. The van der Waals surface area contributed by atoms with Crippen LogP contribution in [0, 0.1) is 13.8 Å². The molecule has 0 aliphatic heterocycles. The van der Waals surface area contributed by atoms with E-state index in [0.29, 0.717) is 0 Å². The number of carbonyl (C=O) groups is 1. The maximum atomic E-state index is 12.4. The minimum absolute atomic E-state index is 0.0559. The molecule has 0 aromatic heterocycles. The van der Waals surface area contributed by atoms with Crippen LogP contribution in [-0.4, -0.2) is 19.0 Å². The van der Waals surface area contributed by atoms with Crippen LogP contribution in [0.25, 0.3) is 0 Å². The Morgan fingerprint density at radius 1 is 1.14 bits per heavy atom. The molecule has 0 bridgehead atoms. The first-order chi connectivity index (χ1) is 10.5. The number of nitrogens with one attached hydrogen (secondary N) is 2. The predicted molar refractivity (Wildman–Crippen MR) is 91.0 cm³/mol. The van der Waals surface area contributed by atoms with Gasteiger partial charge in [-0.1, -0.05) is 48.0 Å². The Hall–Kier alpha value is -2.13. The molecule has 1 amide bonds. The van der Waals surface area contributed by atoms with Crippen molar-refractivity contribution < 1.29 is 9.69 Å². The smallest absolute Gasteiger partial charge is 0.282 e. The summed E-state index contributed by atoms with van der Waals surface area (Å²) < 4.78 is 0. The van der Waals surface area contributed by atoms with E-state index in [1.54, 1.807) is 0 Å². The average molecular weight is 297 g/mol. The molecule has 2 N–H and O–H groups in total. The zero-order valence-corrected chi connectivity index (χ0v) is 13.8. The highest BCUT2D eigenvalue weighted by Gasteiger charge is 2.22. The largest absolute Gasteiger partial charge is 0.324 e. The van der Waals surface area contributed by atoms with E-state index in [-0.39, 0.29) is 11.9 Å². The summed E-state index contributed by atoms with van der Waals surface area (Å²) in [6, 6.07) is 16.2. The monoisotopic (exact) mass is 297 g/mol. The molecule has 1 unspecified atom stereocenters. The summed E-state index contributed by atoms with van der Waals surface area (Å²) in [4.78, 5) is 13.6. The quantitative estimate of drug-likeness (QED) is 0.872. The van der Waals surface area contributed by atoms with E-state index in [1.165, 1.54) is 16.0 Å². The molecule has 2 aromatic rings. The van der Waals surface area contributed by atoms with E-state index in [2.05, 4.69) is 37.5 Å². The molecule has 22 heavy (non-hydrogen) atoms. The summed E-state index contributed by atoms with van der Waals surface area (Å²) in [5, 5.41) is 3.04. The lowest BCUT2D eigenvalue weighted by molar-refractivity contribution is -0.907. The normalized spacial score (nSPS) is 13.5. The van der Waals surface area contributed by atoms with Gasteiger partial charge in [0, 0.05) is 11.3 Å². The van der Waals surface area contributed by atoms with Gasteiger partial charge in [-0.3, -0.25) is 4.79 Å². The lowest BCUT2D eigenvalue weighted by atomic mass is 10.1. The van der Waals surface area contributed by atoms with Crippen LogP contribution in [0.3, 0.4) is 0 Å². The van der Waals surface area contributed by atoms with Gasteiger partial charge >= 0.3 is 0 Å². The number of likely N-dealkylation sites (N-methyl/N-ethyl adjacent to an activating group) is 1. The molecule has 116 valence electrons. The third-order valence-corrected chi connectivity index (χ3v) is 4.10. The number of amides is 1. The van der Waals surface area contributed by atoms with Crippen molar-refractivity contribution in [1.29, 1.82) is 0 Å². The zero-order valence-electron chi connectivity index (χ0n) is 13.8. The van der Waals surface area contributed by atoms with Crippen LogP contribution in [0.15, 0.2) is 48.5 Å². The number of hydrogen-bond acceptors (Lipinski definition) is 1. The molecule has 3 heteroatoms. The Bertz CT molecular complexity index is 637. The van der Waals surface area contributed by atoms with Gasteiger partial charge in [-0.05, 0) is 32.4 Å². The van der Waals surface area contributed by atoms with Crippen molar-refractivity contribution >= 4 is 11.6 Å². The predicted octanol–water partition coefficient (Wildman–Crippen LogP) is 2.35. The van der Waals surface area contributed by atoms with Crippen molar-refractivity contribution in [2.24, 2.45) is 0 Å². The van der Waals surface area contributed by atoms with Crippen LogP contribution in [0.4, 0.5) is 5.69 Å². The van der Waals surface area contributed by atoms with Crippen LogP contribution in [-0.2, 0) is 11.3 Å². The van der Waals surface area contributed by atoms with Crippen molar-refractivity contribution in [2.75, 3.05) is 12.4 Å². The fourth-order valence-corrected chi connectivity index (χ4v) is 2.49. The summed E-state index contributed by atoms with van der Waals surface area (Å²) in [6.07, 6.45) is 0. The van der Waals surface area contributed by atoms with Gasteiger partial charge in [0.25, 0.3) is 5.91 Å². The van der Waals surface area contributed by atoms with E-state index < -0.39 is 0 Å². The molecular weight excluding hydrogens is 272 g/mol. The third kappa shape index (κ3) is 4.18. The number of anilines is 1. The SMILES string of the molecule is Cc1ccc(NC(=O)[C@H](C)[NH+](C)Cc2ccccc2)c(C)c1. The van der Waals surface area contributed by atoms with E-state index in [4.69, 9.17) is 0 Å². The number of benzene rings is 2. The first-order valence-corrected chi connectivity index (χ1v) is 7.71. The van der Waals surface area contributed by atoms with Crippen molar-refractivity contribution in [1.82, 2.24) is 0 Å². The lowest BCUT2D eigenvalue weighted by Gasteiger charge is -2.21. The van der Waals surface area contributed by atoms with Crippen molar-refractivity contribution in [2.45, 2.75) is 33.4 Å². The topological polar surface area (TPSA) is 33.5 Å². The van der Waals surface area contributed by atoms with Gasteiger partial charge in [-0.15, -0.1) is 0 Å². The fraction of sp³-hybridized carbons (Fsp3) is 0.316. The van der Waals surface area contributed by atoms with Gasteiger partial charge in [-0.2, -0.15) is 0 Å². The minimum atomic E-state index is -0.110. The molecule has 0 saturated carbocycles. The summed E-state index contributed by atoms with van der Waals surface area (Å²) in [6.45, 7) is 6.88. The first kappa shape index (κ1) is 16.2. The molecule has 0 heterocycles. The third-order valence-electron chi connectivity index (χ3n) is 4.10. The molecule has 2 aromatic carbocycles. The minimum Gasteiger partial charge on any atom is -0.324 e. The molecule has 0 fully saturated rings. The van der Waals surface area contributed by atoms with Crippen molar-refractivity contribution in [3.05, 3.63) is 65.2 Å². The van der Waals surface area contributed by atoms with Gasteiger partial charge in [0.05, 0.1) is 7.05 Å². The number of carbonyl (C=O) groups excluding carboxylic acids is 1. The molecule has 2 atom stereocenters. The second-order valence-corrected chi connectivity index (χ2v) is 6.04. The van der Waals surface area contributed by atoms with Gasteiger partial charge in [0.15, 0.2) is 6.04 Å². The molecule has 0 aliphatic carbocycles. The number of rotatable bonds is 5. The second-order valence-electron chi connectivity index (χ2n) is 6.04. The van der Waals surface area contributed by atoms with Gasteiger partial charge in [-0.25, -0.2) is 0 Å². The highest BCUT2D eigenvalue weighted by molar-refractivity contribution is 5.94. The summed E-state index contributed by atoms with van der Waals surface area (Å²) in [5.41, 5.74) is 4.44. The van der Waals surface area contributed by atoms with Gasteiger partial charge in [0.1, 0.15) is 6.54 Å². The van der Waals surface area contributed by atoms with Crippen LogP contribution in [0.1, 0.15) is 23.6 Å². The Labute approximate surface area is 133 Å². The van der Waals surface area contributed by atoms with E-state index in [1.807, 2.05) is 44.2 Å². The van der Waals surface area contributed by atoms with Gasteiger partial charge < -0.3 is 10.2 Å². The first-order valence-electron chi connectivity index (χ1n) is 7.71. The van der Waals surface area contributed by atoms with Crippen LogP contribution >= 0.6 is 0 Å². The molecule has 0 saturated heterocycles. The number of aryl methyl sites for hydroxylation is 2. The van der Waals surface area contributed by atoms with Crippen molar-refractivity contribution in [3.8, 4) is 0 Å². The highest BCUT2D eigenvalue weighted by atomic mass is 16.2. The molecule has 0 radical (unpaired) electrons. The fourth-order valence-electron chi connectivity index (χ4n) is 2.49. The molecule has 0 aliphatic rings. The average Bonchev–Trinajstić information content (AvgIpc) is 2.50. The Morgan fingerprint density at radius 3 is 2.45 bits per heavy atom. The number of quaternary nitrogens is 1. The maximum Gasteiger partial charge on any atom is 0.282 e. The molecular formula is C19H25N2O+. The Morgan fingerprint density at radius 2 is 1.82 bits per heavy atom. The molecule has 0 spiro atoms. The van der Waals surface area contributed by atoms with E-state index in [0.717, 1.165) is 17.8 Å². The molecule has 2 rings (SSSR count). The second kappa shape index (κ2) is 7.23. The lowest BCUT2D eigenvalue weighted by Crippen LogP contribution is -3.12. The number of hydrogen-bond donors (Lipinski definition) is 2. The highest BCUT2D eigenvalue weighted by Crippen LogP contribution is 2.15. The van der Waals surface area contributed by atoms with E-state index in [9.17, 15) is 4.79 Å². The van der Waals surface area contributed by atoms with Crippen LogP contribution < -0.4 is 10.2 Å².